The number of amides is 1. The Labute approximate surface area is 154 Å². The van der Waals surface area contributed by atoms with Crippen molar-refractivity contribution in [2.75, 3.05) is 0 Å². The fourth-order valence-electron chi connectivity index (χ4n) is 2.64. The van der Waals surface area contributed by atoms with Gasteiger partial charge in [0.1, 0.15) is 0 Å². The zero-order valence-corrected chi connectivity index (χ0v) is 14.4. The van der Waals surface area contributed by atoms with E-state index in [1.54, 1.807) is 36.8 Å². The van der Waals surface area contributed by atoms with Crippen molar-refractivity contribution in [3.8, 4) is 11.4 Å². The van der Waals surface area contributed by atoms with E-state index in [1.807, 2.05) is 34.7 Å². The molecule has 3 aromatic heterocycles. The van der Waals surface area contributed by atoms with Crippen LogP contribution in [-0.4, -0.2) is 25.5 Å². The molecule has 0 saturated heterocycles. The molecule has 0 aliphatic heterocycles. The summed E-state index contributed by atoms with van der Waals surface area (Å²) in [5, 5.41) is 11.9. The molecule has 7 heteroatoms. The van der Waals surface area contributed by atoms with Gasteiger partial charge in [0.25, 0.3) is 5.91 Å². The van der Waals surface area contributed by atoms with Crippen molar-refractivity contribution in [1.82, 2.24) is 24.9 Å². The van der Waals surface area contributed by atoms with Gasteiger partial charge in [-0.3, -0.25) is 14.2 Å². The number of pyridine rings is 2. The molecule has 0 saturated carbocycles. The van der Waals surface area contributed by atoms with Gasteiger partial charge in [-0.15, -0.1) is 10.2 Å². The number of nitrogens with one attached hydrogen (secondary N) is 1. The quantitative estimate of drug-likeness (QED) is 0.603. The third kappa shape index (κ3) is 3.27. The van der Waals surface area contributed by atoms with E-state index in [1.165, 1.54) is 0 Å². The lowest BCUT2D eigenvalue weighted by Gasteiger charge is -2.06. The molecule has 6 nitrogen and oxygen atoms in total. The van der Waals surface area contributed by atoms with Crippen LogP contribution in [0.15, 0.2) is 67.1 Å². The number of benzene rings is 1. The Balaban J connectivity index is 1.57. The Hall–Kier alpha value is -3.25. The van der Waals surface area contributed by atoms with Crippen LogP contribution >= 0.6 is 11.6 Å². The molecule has 0 bridgehead atoms. The standard InChI is InChI=1S/C19H14ClN5O/c20-16-3-1-2-14(10-16)18-24-23-17-11-15(6-9-25(17)18)19(26)22-12-13-4-7-21-8-5-13/h1-11H,12H2,(H,22,26). The molecule has 4 rings (SSSR count). The summed E-state index contributed by atoms with van der Waals surface area (Å²) in [6.07, 6.45) is 5.18. The number of aromatic nitrogens is 4. The van der Waals surface area contributed by atoms with Crippen molar-refractivity contribution >= 4 is 23.2 Å². The third-order valence-electron chi connectivity index (χ3n) is 3.96. The minimum atomic E-state index is -0.170. The SMILES string of the molecule is O=C(NCc1ccncc1)c1ccn2c(-c3cccc(Cl)c3)nnc2c1. The third-order valence-corrected chi connectivity index (χ3v) is 4.19. The van der Waals surface area contributed by atoms with Crippen molar-refractivity contribution in [2.45, 2.75) is 6.54 Å². The number of rotatable bonds is 4. The topological polar surface area (TPSA) is 72.2 Å². The van der Waals surface area contributed by atoms with E-state index in [-0.39, 0.29) is 5.91 Å². The van der Waals surface area contributed by atoms with Crippen LogP contribution in [0.2, 0.25) is 5.02 Å². The first kappa shape index (κ1) is 16.2. The van der Waals surface area contributed by atoms with E-state index in [2.05, 4.69) is 20.5 Å². The lowest BCUT2D eigenvalue weighted by Crippen LogP contribution is -2.22. The van der Waals surface area contributed by atoms with Crippen molar-refractivity contribution in [1.29, 1.82) is 0 Å². The minimum absolute atomic E-state index is 0.170. The molecule has 1 N–H and O–H groups in total. The van der Waals surface area contributed by atoms with Gasteiger partial charge in [0, 0.05) is 41.3 Å². The first-order chi connectivity index (χ1) is 12.7. The Morgan fingerprint density at radius 2 is 1.92 bits per heavy atom. The zero-order chi connectivity index (χ0) is 17.9. The van der Waals surface area contributed by atoms with E-state index in [0.717, 1.165) is 11.1 Å². The van der Waals surface area contributed by atoms with E-state index in [4.69, 9.17) is 11.6 Å². The van der Waals surface area contributed by atoms with Crippen molar-refractivity contribution in [3.63, 3.8) is 0 Å². The second-order valence-corrected chi connectivity index (χ2v) is 6.15. The summed E-state index contributed by atoms with van der Waals surface area (Å²) < 4.78 is 1.82. The van der Waals surface area contributed by atoms with E-state index in [9.17, 15) is 4.79 Å². The molecule has 1 aromatic carbocycles. The van der Waals surface area contributed by atoms with Crippen LogP contribution in [0.5, 0.6) is 0 Å². The highest BCUT2D eigenvalue weighted by Crippen LogP contribution is 2.22. The molecule has 0 spiro atoms. The molecule has 0 unspecified atom stereocenters. The zero-order valence-electron chi connectivity index (χ0n) is 13.6. The van der Waals surface area contributed by atoms with Gasteiger partial charge in [-0.1, -0.05) is 23.7 Å². The molecule has 128 valence electrons. The summed E-state index contributed by atoms with van der Waals surface area (Å²) in [5.41, 5.74) is 2.97. The van der Waals surface area contributed by atoms with Gasteiger partial charge in [0.05, 0.1) is 0 Å². The van der Waals surface area contributed by atoms with Gasteiger partial charge in [-0.2, -0.15) is 0 Å². The van der Waals surface area contributed by atoms with E-state index < -0.39 is 0 Å². The van der Waals surface area contributed by atoms with Gasteiger partial charge >= 0.3 is 0 Å². The van der Waals surface area contributed by atoms with E-state index >= 15 is 0 Å². The maximum atomic E-state index is 12.4. The van der Waals surface area contributed by atoms with Crippen LogP contribution < -0.4 is 5.32 Å². The van der Waals surface area contributed by atoms with Gasteiger partial charge in [-0.05, 0) is 42.0 Å². The average Bonchev–Trinajstić information content (AvgIpc) is 3.10. The lowest BCUT2D eigenvalue weighted by molar-refractivity contribution is 0.0951. The molecule has 0 aliphatic rings. The second-order valence-electron chi connectivity index (χ2n) is 5.72. The number of halogens is 1. The van der Waals surface area contributed by atoms with Gasteiger partial charge in [-0.25, -0.2) is 0 Å². The fraction of sp³-hybridized carbons (Fsp3) is 0.0526. The highest BCUT2D eigenvalue weighted by Gasteiger charge is 2.12. The van der Waals surface area contributed by atoms with Crippen LogP contribution in [0.4, 0.5) is 0 Å². The summed E-state index contributed by atoms with van der Waals surface area (Å²) in [4.78, 5) is 16.3. The smallest absolute Gasteiger partial charge is 0.251 e. The second kappa shape index (κ2) is 6.93. The Morgan fingerprint density at radius 3 is 2.73 bits per heavy atom. The molecule has 26 heavy (non-hydrogen) atoms. The summed E-state index contributed by atoms with van der Waals surface area (Å²) in [6.45, 7) is 0.437. The maximum absolute atomic E-state index is 12.4. The number of hydrogen-bond acceptors (Lipinski definition) is 4. The molecular formula is C19H14ClN5O. The summed E-state index contributed by atoms with van der Waals surface area (Å²) >= 11 is 6.05. The van der Waals surface area contributed by atoms with Crippen LogP contribution in [0.1, 0.15) is 15.9 Å². The Bertz CT molecular complexity index is 1080. The number of fused-ring (bicyclic) bond motifs is 1. The molecule has 0 aliphatic carbocycles. The van der Waals surface area contributed by atoms with Gasteiger partial charge in [0.15, 0.2) is 11.5 Å². The van der Waals surface area contributed by atoms with Crippen molar-refractivity contribution < 1.29 is 4.79 Å². The first-order valence-electron chi connectivity index (χ1n) is 7.98. The molecular weight excluding hydrogens is 350 g/mol. The van der Waals surface area contributed by atoms with Crippen molar-refractivity contribution in [2.24, 2.45) is 0 Å². The predicted molar refractivity (Wildman–Crippen MR) is 98.8 cm³/mol. The van der Waals surface area contributed by atoms with Gasteiger partial charge < -0.3 is 5.32 Å². The predicted octanol–water partition coefficient (Wildman–Crippen LogP) is 3.37. The van der Waals surface area contributed by atoms with E-state index in [0.29, 0.717) is 28.6 Å². The molecule has 0 fully saturated rings. The molecule has 0 atom stereocenters. The highest BCUT2D eigenvalue weighted by atomic mass is 35.5. The van der Waals surface area contributed by atoms with Crippen LogP contribution in [-0.2, 0) is 6.54 Å². The Morgan fingerprint density at radius 1 is 1.08 bits per heavy atom. The summed E-state index contributed by atoms with van der Waals surface area (Å²) in [7, 11) is 0. The average molecular weight is 364 g/mol. The fourth-order valence-corrected chi connectivity index (χ4v) is 2.83. The molecule has 3 heterocycles. The van der Waals surface area contributed by atoms with Gasteiger partial charge in [0.2, 0.25) is 0 Å². The first-order valence-corrected chi connectivity index (χ1v) is 8.36. The normalized spacial score (nSPS) is 10.8. The highest BCUT2D eigenvalue weighted by molar-refractivity contribution is 6.30. The number of carbonyl (C=O) groups is 1. The number of hydrogen-bond donors (Lipinski definition) is 1. The summed E-state index contributed by atoms with van der Waals surface area (Å²) in [5.74, 6) is 0.503. The van der Waals surface area contributed by atoms with Crippen molar-refractivity contribution in [3.05, 3.63) is 83.3 Å². The van der Waals surface area contributed by atoms with Crippen LogP contribution in [0.25, 0.3) is 17.0 Å². The maximum Gasteiger partial charge on any atom is 0.251 e. The Kier molecular flexibility index (Phi) is 4.33. The number of nitrogens with zero attached hydrogens (tertiary/aromatic N) is 4. The monoisotopic (exact) mass is 363 g/mol. The lowest BCUT2D eigenvalue weighted by atomic mass is 10.2. The van der Waals surface area contributed by atoms with Crippen LogP contribution in [0, 0.1) is 0 Å². The minimum Gasteiger partial charge on any atom is -0.348 e. The number of carbonyl (C=O) groups excluding carboxylic acids is 1. The summed E-state index contributed by atoms with van der Waals surface area (Å²) in [6, 6.07) is 14.6. The molecule has 0 radical (unpaired) electrons. The largest absolute Gasteiger partial charge is 0.348 e. The molecule has 4 aromatic rings. The molecule has 1 amide bonds. The van der Waals surface area contributed by atoms with Crippen LogP contribution in [0.3, 0.4) is 0 Å².